The van der Waals surface area contributed by atoms with Gasteiger partial charge < -0.3 is 15.0 Å². The topological polar surface area (TPSA) is 71.2 Å². The van der Waals surface area contributed by atoms with Crippen LogP contribution in [0.4, 0.5) is 0 Å². The van der Waals surface area contributed by atoms with Crippen molar-refractivity contribution in [2.45, 2.75) is 19.3 Å². The molecule has 0 spiro atoms. The average molecular weight is 308 g/mol. The monoisotopic (exact) mass is 308 g/mol. The van der Waals surface area contributed by atoms with Gasteiger partial charge in [0, 0.05) is 17.5 Å². The Kier molecular flexibility index (Phi) is 3.26. The number of benzene rings is 1. The minimum atomic E-state index is -0.134. The van der Waals surface area contributed by atoms with E-state index in [9.17, 15) is 9.59 Å². The van der Waals surface area contributed by atoms with E-state index in [2.05, 4.69) is 10.3 Å². The molecule has 1 aliphatic heterocycles. The Morgan fingerprint density at radius 3 is 2.91 bits per heavy atom. The number of aromatic nitrogens is 1. The Hall–Kier alpha value is -2.82. The van der Waals surface area contributed by atoms with E-state index >= 15 is 0 Å². The maximum Gasteiger partial charge on any atom is 0.262 e. The van der Waals surface area contributed by atoms with Gasteiger partial charge in [0.2, 0.25) is 0 Å². The van der Waals surface area contributed by atoms with Crippen LogP contribution >= 0.6 is 0 Å². The lowest BCUT2D eigenvalue weighted by molar-refractivity contribution is -0.125. The summed E-state index contributed by atoms with van der Waals surface area (Å²) >= 11 is 0. The number of hydrogen-bond acceptors (Lipinski definition) is 3. The molecular weight excluding hydrogens is 292 g/mol. The second-order valence-electron chi connectivity index (χ2n) is 5.86. The van der Waals surface area contributed by atoms with Crippen molar-refractivity contribution in [1.82, 2.24) is 10.3 Å². The van der Waals surface area contributed by atoms with E-state index in [1.165, 1.54) is 0 Å². The zero-order valence-electron chi connectivity index (χ0n) is 12.5. The third-order valence-electron chi connectivity index (χ3n) is 4.22. The van der Waals surface area contributed by atoms with Crippen LogP contribution in [0.25, 0.3) is 10.9 Å². The zero-order valence-corrected chi connectivity index (χ0v) is 12.5. The van der Waals surface area contributed by atoms with Crippen molar-refractivity contribution in [1.29, 1.82) is 0 Å². The first kappa shape index (κ1) is 13.8. The van der Waals surface area contributed by atoms with Crippen LogP contribution in [0, 0.1) is 0 Å². The van der Waals surface area contributed by atoms with E-state index in [4.69, 9.17) is 4.74 Å². The van der Waals surface area contributed by atoms with Crippen molar-refractivity contribution in [3.05, 3.63) is 69.4 Å². The molecule has 1 amide bonds. The first-order chi connectivity index (χ1) is 11.2. The summed E-state index contributed by atoms with van der Waals surface area (Å²) in [5.74, 6) is 0.700. The minimum absolute atomic E-state index is 0.0618. The van der Waals surface area contributed by atoms with Crippen LogP contribution in [0.3, 0.4) is 0 Å². The second kappa shape index (κ2) is 5.43. The number of carbonyl (C=O) groups excluding carboxylic acids is 1. The summed E-state index contributed by atoms with van der Waals surface area (Å²) in [5.41, 5.74) is 3.38. The minimum Gasteiger partial charge on any atom is -0.486 e. The molecule has 1 aromatic carbocycles. The van der Waals surface area contributed by atoms with Gasteiger partial charge in [0.1, 0.15) is 5.76 Å². The van der Waals surface area contributed by atoms with Crippen LogP contribution in [0.1, 0.15) is 18.4 Å². The predicted molar refractivity (Wildman–Crippen MR) is 86.7 cm³/mol. The second-order valence-corrected chi connectivity index (χ2v) is 5.86. The van der Waals surface area contributed by atoms with Crippen molar-refractivity contribution in [2.24, 2.45) is 0 Å². The standard InChI is InChI=1S/C18H16N2O3/c21-17-10-23-16-6-5-11(8-15(16)19-17)7-13-9-12-3-1-2-4-14(12)20-18(13)22/h1-4,8-9H,5-7,10H2,(H,19,21)(H,20,22). The van der Waals surface area contributed by atoms with E-state index in [1.807, 2.05) is 36.4 Å². The highest BCUT2D eigenvalue weighted by atomic mass is 16.5. The molecule has 2 aliphatic rings. The summed E-state index contributed by atoms with van der Waals surface area (Å²) in [6.07, 6.45) is 4.10. The van der Waals surface area contributed by atoms with Gasteiger partial charge in [-0.25, -0.2) is 0 Å². The lowest BCUT2D eigenvalue weighted by atomic mass is 9.95. The van der Waals surface area contributed by atoms with Gasteiger partial charge in [-0.15, -0.1) is 0 Å². The smallest absolute Gasteiger partial charge is 0.262 e. The fourth-order valence-corrected chi connectivity index (χ4v) is 3.07. The molecule has 0 unspecified atom stereocenters. The number of amides is 1. The van der Waals surface area contributed by atoms with Crippen molar-refractivity contribution in [3.8, 4) is 0 Å². The highest BCUT2D eigenvalue weighted by Crippen LogP contribution is 2.27. The molecule has 0 radical (unpaired) electrons. The third-order valence-corrected chi connectivity index (χ3v) is 4.22. The zero-order chi connectivity index (χ0) is 15.8. The number of aromatic amines is 1. The molecule has 23 heavy (non-hydrogen) atoms. The number of fused-ring (bicyclic) bond motifs is 1. The molecule has 0 saturated carbocycles. The van der Waals surface area contributed by atoms with Gasteiger partial charge in [-0.3, -0.25) is 9.59 Å². The van der Waals surface area contributed by atoms with Gasteiger partial charge in [-0.05, 0) is 36.4 Å². The summed E-state index contributed by atoms with van der Waals surface area (Å²) in [7, 11) is 0. The summed E-state index contributed by atoms with van der Waals surface area (Å²) < 4.78 is 5.43. The Labute approximate surface area is 132 Å². The van der Waals surface area contributed by atoms with Crippen molar-refractivity contribution < 1.29 is 9.53 Å². The van der Waals surface area contributed by atoms with Gasteiger partial charge in [0.05, 0.1) is 5.70 Å². The third kappa shape index (κ3) is 2.65. The Morgan fingerprint density at radius 1 is 1.13 bits per heavy atom. The van der Waals surface area contributed by atoms with E-state index in [0.29, 0.717) is 6.42 Å². The first-order valence-corrected chi connectivity index (χ1v) is 7.65. The van der Waals surface area contributed by atoms with E-state index in [1.54, 1.807) is 0 Å². The Balaban J connectivity index is 1.66. The number of ether oxygens (including phenoxy) is 1. The number of nitrogens with one attached hydrogen (secondary N) is 2. The average Bonchev–Trinajstić information content (AvgIpc) is 2.55. The van der Waals surface area contributed by atoms with E-state index < -0.39 is 0 Å². The van der Waals surface area contributed by atoms with Gasteiger partial charge in [0.25, 0.3) is 11.5 Å². The Bertz CT molecular complexity index is 921. The normalized spacial score (nSPS) is 17.4. The van der Waals surface area contributed by atoms with Crippen molar-refractivity contribution >= 4 is 16.8 Å². The molecule has 5 heteroatoms. The van der Waals surface area contributed by atoms with Crippen LogP contribution in [0.2, 0.25) is 0 Å². The number of H-pyrrole nitrogens is 1. The van der Waals surface area contributed by atoms with Crippen molar-refractivity contribution in [3.63, 3.8) is 0 Å². The summed E-state index contributed by atoms with van der Waals surface area (Å²) in [4.78, 5) is 26.6. The number of para-hydroxylation sites is 1. The van der Waals surface area contributed by atoms with Crippen LogP contribution in [-0.2, 0) is 16.0 Å². The molecular formula is C18H16N2O3. The lowest BCUT2D eigenvalue weighted by Gasteiger charge is -2.24. The fourth-order valence-electron chi connectivity index (χ4n) is 3.07. The number of carbonyl (C=O) groups is 1. The van der Waals surface area contributed by atoms with Gasteiger partial charge >= 0.3 is 0 Å². The number of allylic oxidation sites excluding steroid dienone is 3. The SMILES string of the molecule is O=C1COC2=C(C=C(Cc3cc4ccccc4[nH]c3=O)CC2)N1. The van der Waals surface area contributed by atoms with Crippen LogP contribution in [-0.4, -0.2) is 17.5 Å². The van der Waals surface area contributed by atoms with Gasteiger partial charge in [-0.1, -0.05) is 23.8 Å². The highest BCUT2D eigenvalue weighted by molar-refractivity contribution is 5.81. The molecule has 0 atom stereocenters. The molecule has 2 heterocycles. The van der Waals surface area contributed by atoms with Crippen LogP contribution in [0.5, 0.6) is 0 Å². The molecule has 0 saturated heterocycles. The number of hydrogen-bond donors (Lipinski definition) is 2. The van der Waals surface area contributed by atoms with E-state index in [0.717, 1.165) is 46.3 Å². The van der Waals surface area contributed by atoms with Crippen LogP contribution < -0.4 is 10.9 Å². The van der Waals surface area contributed by atoms with Crippen LogP contribution in [0.15, 0.2) is 58.2 Å². The maximum atomic E-state index is 12.3. The van der Waals surface area contributed by atoms with E-state index in [-0.39, 0.29) is 18.1 Å². The molecule has 0 bridgehead atoms. The first-order valence-electron chi connectivity index (χ1n) is 7.65. The molecule has 2 N–H and O–H groups in total. The fraction of sp³-hybridized carbons (Fsp3) is 0.222. The molecule has 1 aliphatic carbocycles. The molecule has 4 rings (SSSR count). The molecule has 5 nitrogen and oxygen atoms in total. The molecule has 1 aromatic heterocycles. The lowest BCUT2D eigenvalue weighted by Crippen LogP contribution is -2.33. The molecule has 2 aromatic rings. The van der Waals surface area contributed by atoms with Crippen molar-refractivity contribution in [2.75, 3.05) is 6.61 Å². The summed E-state index contributed by atoms with van der Waals surface area (Å²) in [5, 5.41) is 3.85. The molecule has 116 valence electrons. The maximum absolute atomic E-state index is 12.3. The number of pyridine rings is 1. The largest absolute Gasteiger partial charge is 0.486 e. The Morgan fingerprint density at radius 2 is 2.00 bits per heavy atom. The summed E-state index contributed by atoms with van der Waals surface area (Å²) in [6, 6.07) is 9.68. The number of rotatable bonds is 2. The molecule has 0 fully saturated rings. The highest BCUT2D eigenvalue weighted by Gasteiger charge is 2.22. The van der Waals surface area contributed by atoms with Gasteiger partial charge in [-0.2, -0.15) is 0 Å². The quantitative estimate of drug-likeness (QED) is 0.893. The van der Waals surface area contributed by atoms with Gasteiger partial charge in [0.15, 0.2) is 6.61 Å². The summed E-state index contributed by atoms with van der Waals surface area (Å²) in [6.45, 7) is 0.0896. The predicted octanol–water partition coefficient (Wildman–Crippen LogP) is 2.15.